The third-order valence-corrected chi connectivity index (χ3v) is 6.33. The molecule has 0 spiro atoms. The van der Waals surface area contributed by atoms with Crippen molar-refractivity contribution >= 4 is 17.0 Å². The number of nitrogens with two attached hydrogens (primary N) is 1. The Morgan fingerprint density at radius 3 is 2.67 bits per heavy atom. The van der Waals surface area contributed by atoms with E-state index in [2.05, 4.69) is 31.0 Å². The highest BCUT2D eigenvalue weighted by molar-refractivity contribution is 5.81. The van der Waals surface area contributed by atoms with Crippen molar-refractivity contribution in [3.05, 3.63) is 60.4 Å². The first-order valence-corrected chi connectivity index (χ1v) is 11.9. The molecule has 1 fully saturated rings. The number of anilines is 1. The summed E-state index contributed by atoms with van der Waals surface area (Å²) in [6.07, 6.45) is 5.83. The highest BCUT2D eigenvalue weighted by atomic mass is 16.6. The molecule has 0 saturated carbocycles. The number of hydrogen-bond donors (Lipinski definition) is 3. The molecule has 4 N–H and O–H groups in total. The van der Waals surface area contributed by atoms with E-state index < -0.39 is 24.5 Å². The number of ether oxygens (including phenoxy) is 2. The lowest BCUT2D eigenvalue weighted by molar-refractivity contribution is -0.0710. The van der Waals surface area contributed by atoms with E-state index in [1.165, 1.54) is 18.2 Å². The Labute approximate surface area is 208 Å². The first-order valence-electron chi connectivity index (χ1n) is 11.9. The topological polar surface area (TPSA) is 154 Å². The van der Waals surface area contributed by atoms with E-state index in [9.17, 15) is 10.2 Å². The van der Waals surface area contributed by atoms with Crippen molar-refractivity contribution in [1.29, 1.82) is 0 Å². The lowest BCUT2D eigenvalue weighted by Crippen LogP contribution is -2.35. The molecule has 36 heavy (non-hydrogen) atoms. The quantitative estimate of drug-likeness (QED) is 0.295. The van der Waals surface area contributed by atoms with Crippen LogP contribution in [0.5, 0.6) is 0 Å². The second kappa shape index (κ2) is 10.6. The number of aliphatic hydroxyl groups is 2. The minimum absolute atomic E-state index is 0.255. The van der Waals surface area contributed by atoms with Crippen molar-refractivity contribution in [3.63, 3.8) is 0 Å². The average Bonchev–Trinajstić information content (AvgIpc) is 3.45. The molecule has 11 nitrogen and oxygen atoms in total. The van der Waals surface area contributed by atoms with Crippen LogP contribution in [0, 0.1) is 6.92 Å². The van der Waals surface area contributed by atoms with Crippen LogP contribution >= 0.6 is 0 Å². The Kier molecular flexibility index (Phi) is 7.14. The molecule has 11 heteroatoms. The van der Waals surface area contributed by atoms with Crippen LogP contribution in [0.4, 0.5) is 5.82 Å². The van der Waals surface area contributed by atoms with Gasteiger partial charge in [0.05, 0.1) is 24.3 Å². The number of rotatable bonds is 9. The van der Waals surface area contributed by atoms with Gasteiger partial charge < -0.3 is 25.4 Å². The number of aliphatic hydroxyl groups excluding tert-OH is 2. The summed E-state index contributed by atoms with van der Waals surface area (Å²) in [5, 5.41) is 20.4. The second-order valence-corrected chi connectivity index (χ2v) is 8.88. The third kappa shape index (κ3) is 4.91. The van der Waals surface area contributed by atoms with Gasteiger partial charge in [-0.05, 0) is 61.6 Å². The maximum atomic E-state index is 10.7. The summed E-state index contributed by atoms with van der Waals surface area (Å²) in [7, 11) is 0. The van der Waals surface area contributed by atoms with Crippen molar-refractivity contribution in [1.82, 2.24) is 29.5 Å². The van der Waals surface area contributed by atoms with E-state index in [-0.39, 0.29) is 12.4 Å². The van der Waals surface area contributed by atoms with Crippen molar-refractivity contribution in [2.24, 2.45) is 0 Å². The Morgan fingerprint density at radius 1 is 1.06 bits per heavy atom. The van der Waals surface area contributed by atoms with Gasteiger partial charge in [0.15, 0.2) is 17.7 Å². The number of aryl methyl sites for hydroxylation is 2. The molecular formula is C25H29N7O4. The molecule has 0 unspecified atom stereocenters. The molecule has 188 valence electrons. The van der Waals surface area contributed by atoms with Crippen molar-refractivity contribution in [3.8, 4) is 11.4 Å². The fraction of sp³-hybridized carbons (Fsp3) is 0.400. The molecular weight excluding hydrogens is 462 g/mol. The number of fused-ring (bicyclic) bond motifs is 1. The summed E-state index contributed by atoms with van der Waals surface area (Å²) in [5.41, 5.74) is 10.8. The van der Waals surface area contributed by atoms with Gasteiger partial charge >= 0.3 is 0 Å². The zero-order valence-corrected chi connectivity index (χ0v) is 19.9. The third-order valence-electron chi connectivity index (χ3n) is 6.33. The molecule has 4 atom stereocenters. The fourth-order valence-electron chi connectivity index (χ4n) is 4.43. The number of unbranched alkanes of at least 4 members (excludes halogenated alkanes) is 1. The van der Waals surface area contributed by atoms with E-state index in [0.29, 0.717) is 17.8 Å². The van der Waals surface area contributed by atoms with Crippen LogP contribution in [-0.4, -0.2) is 71.2 Å². The summed E-state index contributed by atoms with van der Waals surface area (Å²) in [5.74, 6) is 0.255. The highest BCUT2D eigenvalue weighted by Crippen LogP contribution is 2.34. The summed E-state index contributed by atoms with van der Waals surface area (Å²) in [6.45, 7) is 2.12. The number of aromatic nitrogens is 6. The molecule has 1 aliphatic heterocycles. The van der Waals surface area contributed by atoms with Gasteiger partial charge in [0.1, 0.15) is 30.2 Å². The molecule has 0 radical (unpaired) electrons. The molecule has 0 bridgehead atoms. The molecule has 0 amide bonds. The molecule has 5 heterocycles. The van der Waals surface area contributed by atoms with E-state index in [0.717, 1.165) is 36.2 Å². The Morgan fingerprint density at radius 2 is 1.86 bits per heavy atom. The van der Waals surface area contributed by atoms with Gasteiger partial charge in [0, 0.05) is 19.0 Å². The van der Waals surface area contributed by atoms with Gasteiger partial charge in [-0.1, -0.05) is 0 Å². The predicted octanol–water partition coefficient (Wildman–Crippen LogP) is 1.83. The zero-order chi connectivity index (χ0) is 25.1. The Hall–Kier alpha value is -3.51. The standard InChI is InChI=1S/C25H29N7O4/c1-15-5-7-27-17(10-15)18-11-16(6-8-28-18)4-2-3-9-35-22-21(34)19(12-33)36-25(22)32-14-31-20-23(26)29-13-30-24(20)32/h5-8,10-11,13-14,19,21-22,25,33-34H,2-4,9,12H2,1H3,(H2,26,29,30)/t19-,21-,22-,25-/m1/s1. The van der Waals surface area contributed by atoms with Crippen LogP contribution < -0.4 is 5.73 Å². The van der Waals surface area contributed by atoms with E-state index in [1.807, 2.05) is 31.3 Å². The van der Waals surface area contributed by atoms with Crippen LogP contribution in [0.3, 0.4) is 0 Å². The van der Waals surface area contributed by atoms with Crippen LogP contribution in [0.15, 0.2) is 49.3 Å². The molecule has 4 aromatic rings. The summed E-state index contributed by atoms with van der Waals surface area (Å²) in [6, 6.07) is 8.06. The van der Waals surface area contributed by atoms with Gasteiger partial charge in [-0.15, -0.1) is 0 Å². The molecule has 4 aromatic heterocycles. The van der Waals surface area contributed by atoms with Crippen LogP contribution in [-0.2, 0) is 15.9 Å². The first-order chi connectivity index (χ1) is 17.5. The van der Waals surface area contributed by atoms with Gasteiger partial charge in [0.25, 0.3) is 0 Å². The number of pyridine rings is 2. The number of nitrogen functional groups attached to an aromatic ring is 1. The van der Waals surface area contributed by atoms with Crippen molar-refractivity contribution in [2.75, 3.05) is 18.9 Å². The molecule has 1 saturated heterocycles. The van der Waals surface area contributed by atoms with E-state index in [4.69, 9.17) is 15.2 Å². The SMILES string of the molecule is Cc1ccnc(-c2cc(CCCCO[C@@H]3[C@H](O)[C@@H](CO)O[C@H]3n3cnc4c(N)ncnc43)ccn2)c1. The van der Waals surface area contributed by atoms with Crippen molar-refractivity contribution in [2.45, 2.75) is 50.7 Å². The monoisotopic (exact) mass is 491 g/mol. The van der Waals surface area contributed by atoms with Gasteiger partial charge in [-0.3, -0.25) is 14.5 Å². The molecule has 0 aliphatic carbocycles. The van der Waals surface area contributed by atoms with E-state index in [1.54, 1.807) is 10.8 Å². The fourth-order valence-corrected chi connectivity index (χ4v) is 4.43. The highest BCUT2D eigenvalue weighted by Gasteiger charge is 2.45. The maximum Gasteiger partial charge on any atom is 0.167 e. The van der Waals surface area contributed by atoms with Gasteiger partial charge in [0.2, 0.25) is 0 Å². The Bertz CT molecular complexity index is 1330. The number of imidazole rings is 1. The Balaban J connectivity index is 1.20. The average molecular weight is 492 g/mol. The van der Waals surface area contributed by atoms with Crippen LogP contribution in [0.1, 0.15) is 30.2 Å². The number of hydrogen-bond acceptors (Lipinski definition) is 10. The molecule has 0 aromatic carbocycles. The summed E-state index contributed by atoms with van der Waals surface area (Å²) >= 11 is 0. The lowest BCUT2D eigenvalue weighted by Gasteiger charge is -2.22. The maximum absolute atomic E-state index is 10.7. The van der Waals surface area contributed by atoms with Gasteiger partial charge in [-0.25, -0.2) is 15.0 Å². The normalized spacial score (nSPS) is 21.9. The number of nitrogens with zero attached hydrogens (tertiary/aromatic N) is 6. The largest absolute Gasteiger partial charge is 0.394 e. The summed E-state index contributed by atoms with van der Waals surface area (Å²) < 4.78 is 13.6. The van der Waals surface area contributed by atoms with Crippen LogP contribution in [0.2, 0.25) is 0 Å². The minimum atomic E-state index is -0.999. The van der Waals surface area contributed by atoms with Crippen molar-refractivity contribution < 1.29 is 19.7 Å². The second-order valence-electron chi connectivity index (χ2n) is 8.88. The predicted molar refractivity (Wildman–Crippen MR) is 132 cm³/mol. The van der Waals surface area contributed by atoms with Gasteiger partial charge in [-0.2, -0.15) is 0 Å². The summed E-state index contributed by atoms with van der Waals surface area (Å²) in [4.78, 5) is 21.4. The molecule has 5 rings (SSSR count). The van der Waals surface area contributed by atoms with E-state index >= 15 is 0 Å². The molecule has 1 aliphatic rings. The van der Waals surface area contributed by atoms with Crippen LogP contribution in [0.25, 0.3) is 22.6 Å². The smallest absolute Gasteiger partial charge is 0.167 e. The minimum Gasteiger partial charge on any atom is -0.394 e. The lowest BCUT2D eigenvalue weighted by atomic mass is 10.1. The first kappa shape index (κ1) is 24.2. The zero-order valence-electron chi connectivity index (χ0n) is 19.9.